The molecule has 4 nitrogen and oxygen atoms in total. The monoisotopic (exact) mass is 378 g/mol. The van der Waals surface area contributed by atoms with Crippen LogP contribution in [0, 0.1) is 0 Å². The Morgan fingerprint density at radius 2 is 1.59 bits per heavy atom. The Bertz CT molecular complexity index is 925. The number of carbonyl (C=O) groups is 1. The maximum atomic E-state index is 12.1. The van der Waals surface area contributed by atoms with E-state index in [4.69, 9.17) is 16.3 Å². The third-order valence-electron chi connectivity index (χ3n) is 3.93. The summed E-state index contributed by atoms with van der Waals surface area (Å²) in [5.74, 6) is 0.276. The maximum absolute atomic E-state index is 12.1. The minimum Gasteiger partial charge on any atom is -0.481 e. The van der Waals surface area contributed by atoms with Gasteiger partial charge >= 0.3 is 0 Å². The number of ether oxygens (including phenoxy) is 1. The number of carbonyl (C=O) groups excluding carboxylic acids is 1. The topological polar surface area (TPSA) is 50.7 Å². The van der Waals surface area contributed by atoms with Crippen molar-refractivity contribution in [2.75, 3.05) is 0 Å². The Hall–Kier alpha value is -3.11. The SMILES string of the molecule is CC(Oc1ccc(-c2ccccc2)cc1)C(=O)N/N=C/c1ccccc1Cl. The van der Waals surface area contributed by atoms with Gasteiger partial charge in [-0.25, -0.2) is 5.43 Å². The van der Waals surface area contributed by atoms with Crippen LogP contribution in [0.2, 0.25) is 5.02 Å². The summed E-state index contributed by atoms with van der Waals surface area (Å²) in [7, 11) is 0. The molecule has 0 aliphatic carbocycles. The van der Waals surface area contributed by atoms with Gasteiger partial charge in [0, 0.05) is 10.6 Å². The van der Waals surface area contributed by atoms with E-state index in [0.717, 1.165) is 16.7 Å². The number of hydrogen-bond acceptors (Lipinski definition) is 3. The van der Waals surface area contributed by atoms with E-state index in [1.807, 2.05) is 72.8 Å². The first-order valence-corrected chi connectivity index (χ1v) is 8.91. The summed E-state index contributed by atoms with van der Waals surface area (Å²) in [6.45, 7) is 1.67. The fraction of sp³-hybridized carbons (Fsp3) is 0.0909. The Morgan fingerprint density at radius 3 is 2.30 bits per heavy atom. The second-order valence-electron chi connectivity index (χ2n) is 5.91. The molecule has 1 unspecified atom stereocenters. The lowest BCUT2D eigenvalue weighted by Gasteiger charge is -2.13. The molecule has 3 aromatic carbocycles. The summed E-state index contributed by atoms with van der Waals surface area (Å²) in [5.41, 5.74) is 5.40. The maximum Gasteiger partial charge on any atom is 0.280 e. The van der Waals surface area contributed by atoms with Crippen LogP contribution in [-0.4, -0.2) is 18.2 Å². The Labute approximate surface area is 163 Å². The summed E-state index contributed by atoms with van der Waals surface area (Å²) in [5, 5.41) is 4.50. The number of rotatable bonds is 6. The molecule has 1 atom stereocenters. The number of hydrazone groups is 1. The highest BCUT2D eigenvalue weighted by atomic mass is 35.5. The summed E-state index contributed by atoms with van der Waals surface area (Å²) in [6.07, 6.45) is 0.817. The van der Waals surface area contributed by atoms with E-state index < -0.39 is 6.10 Å². The normalized spacial score (nSPS) is 11.9. The summed E-state index contributed by atoms with van der Waals surface area (Å²) < 4.78 is 5.68. The van der Waals surface area contributed by atoms with Gasteiger partial charge in [0.25, 0.3) is 5.91 Å². The van der Waals surface area contributed by atoms with Crippen molar-refractivity contribution < 1.29 is 9.53 Å². The smallest absolute Gasteiger partial charge is 0.280 e. The zero-order chi connectivity index (χ0) is 19.1. The first-order valence-electron chi connectivity index (χ1n) is 8.53. The van der Waals surface area contributed by atoms with Crippen molar-refractivity contribution in [2.45, 2.75) is 13.0 Å². The first-order chi connectivity index (χ1) is 13.1. The van der Waals surface area contributed by atoms with Gasteiger partial charge < -0.3 is 4.74 Å². The van der Waals surface area contributed by atoms with Gasteiger partial charge in [0.05, 0.1) is 6.21 Å². The van der Waals surface area contributed by atoms with Crippen LogP contribution in [0.25, 0.3) is 11.1 Å². The van der Waals surface area contributed by atoms with E-state index in [-0.39, 0.29) is 5.91 Å². The minimum atomic E-state index is -0.684. The van der Waals surface area contributed by atoms with Crippen LogP contribution in [0.5, 0.6) is 5.75 Å². The molecule has 3 rings (SSSR count). The number of nitrogens with zero attached hydrogens (tertiary/aromatic N) is 1. The fourth-order valence-electron chi connectivity index (χ4n) is 2.45. The number of halogens is 1. The van der Waals surface area contributed by atoms with Crippen molar-refractivity contribution in [1.82, 2.24) is 5.43 Å². The first kappa shape index (κ1) is 18.7. The summed E-state index contributed by atoms with van der Waals surface area (Å²) in [6, 6.07) is 24.9. The Balaban J connectivity index is 1.56. The molecule has 0 aliphatic rings. The Kier molecular flexibility index (Phi) is 6.23. The molecule has 0 saturated heterocycles. The van der Waals surface area contributed by atoms with Crippen molar-refractivity contribution in [2.24, 2.45) is 5.10 Å². The molecule has 0 radical (unpaired) electrons. The molecule has 0 aliphatic heterocycles. The van der Waals surface area contributed by atoms with Crippen molar-refractivity contribution in [3.05, 3.63) is 89.4 Å². The third kappa shape index (κ3) is 5.19. The van der Waals surface area contributed by atoms with E-state index in [1.54, 1.807) is 13.0 Å². The van der Waals surface area contributed by atoms with E-state index in [9.17, 15) is 4.79 Å². The predicted octanol–water partition coefficient (Wildman–Crippen LogP) is 4.92. The lowest BCUT2D eigenvalue weighted by atomic mass is 10.1. The summed E-state index contributed by atoms with van der Waals surface area (Å²) >= 11 is 6.04. The molecule has 1 N–H and O–H groups in total. The zero-order valence-corrected chi connectivity index (χ0v) is 15.6. The molecule has 0 heterocycles. The molecule has 3 aromatic rings. The lowest BCUT2D eigenvalue weighted by Crippen LogP contribution is -2.33. The molecule has 0 bridgehead atoms. The lowest BCUT2D eigenvalue weighted by molar-refractivity contribution is -0.127. The molecule has 0 saturated carbocycles. The highest BCUT2D eigenvalue weighted by Gasteiger charge is 2.14. The number of amides is 1. The van der Waals surface area contributed by atoms with Crippen LogP contribution in [0.1, 0.15) is 12.5 Å². The zero-order valence-electron chi connectivity index (χ0n) is 14.8. The molecule has 0 fully saturated rings. The van der Waals surface area contributed by atoms with Crippen molar-refractivity contribution in [3.8, 4) is 16.9 Å². The van der Waals surface area contributed by atoms with Crippen LogP contribution >= 0.6 is 11.6 Å². The van der Waals surface area contributed by atoms with Crippen LogP contribution in [0.15, 0.2) is 84.0 Å². The van der Waals surface area contributed by atoms with E-state index >= 15 is 0 Å². The molecule has 1 amide bonds. The van der Waals surface area contributed by atoms with Gasteiger partial charge in [0.1, 0.15) is 5.75 Å². The van der Waals surface area contributed by atoms with Crippen LogP contribution in [0.3, 0.4) is 0 Å². The highest BCUT2D eigenvalue weighted by molar-refractivity contribution is 6.33. The van der Waals surface area contributed by atoms with Crippen LogP contribution in [0.4, 0.5) is 0 Å². The Morgan fingerprint density at radius 1 is 0.963 bits per heavy atom. The number of hydrogen-bond donors (Lipinski definition) is 1. The second-order valence-corrected chi connectivity index (χ2v) is 6.31. The van der Waals surface area contributed by atoms with Crippen molar-refractivity contribution >= 4 is 23.7 Å². The molecular weight excluding hydrogens is 360 g/mol. The molecule has 0 aromatic heterocycles. The van der Waals surface area contributed by atoms with Gasteiger partial charge in [-0.3, -0.25) is 4.79 Å². The van der Waals surface area contributed by atoms with Gasteiger partial charge in [-0.15, -0.1) is 0 Å². The average Bonchev–Trinajstić information content (AvgIpc) is 2.70. The standard InChI is InChI=1S/C22H19ClN2O2/c1-16(22(26)25-24-15-19-9-5-6-10-21(19)23)27-20-13-11-18(12-14-20)17-7-3-2-4-8-17/h2-16H,1H3,(H,25,26)/b24-15+. The quantitative estimate of drug-likeness (QED) is 0.488. The number of benzene rings is 3. The largest absolute Gasteiger partial charge is 0.481 e. The van der Waals surface area contributed by atoms with Gasteiger partial charge in [0.2, 0.25) is 0 Å². The summed E-state index contributed by atoms with van der Waals surface area (Å²) in [4.78, 5) is 12.1. The van der Waals surface area contributed by atoms with E-state index in [0.29, 0.717) is 10.8 Å². The third-order valence-corrected chi connectivity index (χ3v) is 4.27. The van der Waals surface area contributed by atoms with Crippen LogP contribution in [-0.2, 0) is 4.79 Å². The minimum absolute atomic E-state index is 0.342. The molecule has 0 spiro atoms. The number of nitrogens with one attached hydrogen (secondary N) is 1. The van der Waals surface area contributed by atoms with Crippen molar-refractivity contribution in [1.29, 1.82) is 0 Å². The molecule has 27 heavy (non-hydrogen) atoms. The predicted molar refractivity (Wildman–Crippen MR) is 109 cm³/mol. The second kappa shape index (κ2) is 9.01. The molecular formula is C22H19ClN2O2. The van der Waals surface area contributed by atoms with Gasteiger partial charge in [-0.05, 0) is 36.2 Å². The average molecular weight is 379 g/mol. The molecule has 5 heteroatoms. The van der Waals surface area contributed by atoms with E-state index in [2.05, 4.69) is 10.5 Å². The van der Waals surface area contributed by atoms with Gasteiger partial charge in [-0.1, -0.05) is 72.3 Å². The van der Waals surface area contributed by atoms with Gasteiger partial charge in [-0.2, -0.15) is 5.10 Å². The van der Waals surface area contributed by atoms with Gasteiger partial charge in [0.15, 0.2) is 6.10 Å². The fourth-order valence-corrected chi connectivity index (χ4v) is 2.63. The molecule has 136 valence electrons. The van der Waals surface area contributed by atoms with Crippen LogP contribution < -0.4 is 10.2 Å². The highest BCUT2D eigenvalue weighted by Crippen LogP contribution is 2.22. The van der Waals surface area contributed by atoms with E-state index in [1.165, 1.54) is 6.21 Å². The van der Waals surface area contributed by atoms with Crippen molar-refractivity contribution in [3.63, 3.8) is 0 Å².